The van der Waals surface area contributed by atoms with Crippen molar-refractivity contribution in [1.82, 2.24) is 10.3 Å². The van der Waals surface area contributed by atoms with E-state index in [1.165, 1.54) is 23.1 Å². The van der Waals surface area contributed by atoms with Crippen LogP contribution in [0.3, 0.4) is 0 Å². The number of phenolic OH excluding ortho intramolecular Hbond substituents is 1. The minimum Gasteiger partial charge on any atom is -0.507 e. The molecule has 1 aromatic heterocycles. The van der Waals surface area contributed by atoms with Gasteiger partial charge in [-0.1, -0.05) is 26.0 Å². The number of carbonyl (C=O) groups is 1. The van der Waals surface area contributed by atoms with Gasteiger partial charge in [0.2, 0.25) is 0 Å². The maximum absolute atomic E-state index is 12.5. The van der Waals surface area contributed by atoms with Crippen molar-refractivity contribution in [2.24, 2.45) is 22.7 Å². The summed E-state index contributed by atoms with van der Waals surface area (Å²) in [5.41, 5.74) is 1.35. The Labute approximate surface area is 184 Å². The van der Waals surface area contributed by atoms with Gasteiger partial charge in [0, 0.05) is 17.9 Å². The fraction of sp³-hybridized carbons (Fsp3) is 0.409. The van der Waals surface area contributed by atoms with E-state index in [2.05, 4.69) is 24.1 Å². The monoisotopic (exact) mass is 443 g/mol. The third kappa shape index (κ3) is 4.31. The molecule has 1 amide bonds. The van der Waals surface area contributed by atoms with Crippen molar-refractivity contribution in [3.63, 3.8) is 0 Å². The number of thioether (sulfide) groups is 1. The summed E-state index contributed by atoms with van der Waals surface area (Å²) in [5, 5.41) is 25.8. The molecule has 2 aromatic rings. The SMILES string of the molecule is CC(C)[C@@H]1CC[C@@H](CO)[C@H]1N=C1NC(=O)/C(=C/c2csc(-c3ccccc3O)n2)S1. The number of aromatic nitrogens is 1. The Balaban J connectivity index is 1.53. The molecular weight excluding hydrogens is 418 g/mol. The summed E-state index contributed by atoms with van der Waals surface area (Å²) in [6, 6.07) is 7.10. The summed E-state index contributed by atoms with van der Waals surface area (Å²) in [4.78, 5) is 22.4. The second-order valence-electron chi connectivity index (χ2n) is 8.01. The van der Waals surface area contributed by atoms with Crippen LogP contribution in [-0.2, 0) is 4.79 Å². The Morgan fingerprint density at radius 1 is 1.33 bits per heavy atom. The number of phenols is 1. The van der Waals surface area contributed by atoms with E-state index in [0.29, 0.717) is 38.2 Å². The topological polar surface area (TPSA) is 94.8 Å². The molecule has 0 bridgehead atoms. The molecule has 2 aliphatic rings. The highest BCUT2D eigenvalue weighted by Crippen LogP contribution is 2.39. The second-order valence-corrected chi connectivity index (χ2v) is 9.90. The standard InChI is InChI=1S/C22H25N3O3S2/c1-12(2)15-8-7-13(10-26)19(15)24-22-25-20(28)18(30-22)9-14-11-29-21(23-14)16-5-3-4-6-17(16)27/h3-6,9,11-13,15,19,26-27H,7-8,10H2,1-2H3,(H,24,25,28)/b18-9-/t13-,15-,19+/m0/s1. The summed E-state index contributed by atoms with van der Waals surface area (Å²) in [5.74, 6) is 1.05. The van der Waals surface area contributed by atoms with Gasteiger partial charge in [-0.2, -0.15) is 0 Å². The first-order valence-corrected chi connectivity index (χ1v) is 11.8. The summed E-state index contributed by atoms with van der Waals surface area (Å²) in [6.07, 6.45) is 3.77. The number of carbonyl (C=O) groups excluding carboxylic acids is 1. The van der Waals surface area contributed by atoms with Gasteiger partial charge < -0.3 is 15.5 Å². The maximum Gasteiger partial charge on any atom is 0.264 e. The fourth-order valence-corrected chi connectivity index (χ4v) is 5.78. The lowest BCUT2D eigenvalue weighted by atomic mass is 9.89. The van der Waals surface area contributed by atoms with Gasteiger partial charge in [0.1, 0.15) is 10.8 Å². The largest absolute Gasteiger partial charge is 0.507 e. The molecule has 158 valence electrons. The van der Waals surface area contributed by atoms with E-state index in [4.69, 9.17) is 4.99 Å². The molecular formula is C22H25N3O3S2. The van der Waals surface area contributed by atoms with Gasteiger partial charge in [-0.25, -0.2) is 4.98 Å². The van der Waals surface area contributed by atoms with Crippen LogP contribution in [0.15, 0.2) is 39.5 Å². The molecule has 3 atom stereocenters. The van der Waals surface area contributed by atoms with Crippen molar-refractivity contribution in [2.75, 3.05) is 6.61 Å². The van der Waals surface area contributed by atoms with Gasteiger partial charge >= 0.3 is 0 Å². The van der Waals surface area contributed by atoms with Gasteiger partial charge in [0.05, 0.1) is 22.2 Å². The number of nitrogens with zero attached hydrogens (tertiary/aromatic N) is 2. The fourth-order valence-electron chi connectivity index (χ4n) is 4.11. The molecule has 8 heteroatoms. The van der Waals surface area contributed by atoms with Crippen LogP contribution in [0.2, 0.25) is 0 Å². The van der Waals surface area contributed by atoms with Crippen molar-refractivity contribution >= 4 is 40.2 Å². The Morgan fingerprint density at radius 2 is 2.13 bits per heavy atom. The number of rotatable bonds is 5. The normalized spacial score (nSPS) is 26.8. The summed E-state index contributed by atoms with van der Waals surface area (Å²) in [7, 11) is 0. The average molecular weight is 444 g/mol. The van der Waals surface area contributed by atoms with E-state index in [0.717, 1.165) is 12.8 Å². The first kappa shape index (κ1) is 21.1. The molecule has 1 aromatic carbocycles. The summed E-state index contributed by atoms with van der Waals surface area (Å²) >= 11 is 2.74. The number of para-hydroxylation sites is 1. The predicted molar refractivity (Wildman–Crippen MR) is 122 cm³/mol. The van der Waals surface area contributed by atoms with E-state index in [1.807, 2.05) is 17.5 Å². The van der Waals surface area contributed by atoms with Gasteiger partial charge in [-0.3, -0.25) is 9.79 Å². The summed E-state index contributed by atoms with van der Waals surface area (Å²) < 4.78 is 0. The minimum absolute atomic E-state index is 0.0316. The molecule has 3 N–H and O–H groups in total. The number of hydrogen-bond donors (Lipinski definition) is 3. The molecule has 1 aliphatic heterocycles. The lowest BCUT2D eigenvalue weighted by Crippen LogP contribution is -2.29. The zero-order valence-corrected chi connectivity index (χ0v) is 18.5. The van der Waals surface area contributed by atoms with E-state index in [-0.39, 0.29) is 30.2 Å². The van der Waals surface area contributed by atoms with Crippen LogP contribution in [0.5, 0.6) is 5.75 Å². The number of hydrogen-bond acceptors (Lipinski definition) is 7. The van der Waals surface area contributed by atoms with Gasteiger partial charge in [0.25, 0.3) is 5.91 Å². The van der Waals surface area contributed by atoms with Gasteiger partial charge in [-0.15, -0.1) is 11.3 Å². The van der Waals surface area contributed by atoms with E-state index >= 15 is 0 Å². The van der Waals surface area contributed by atoms with Crippen molar-refractivity contribution in [3.8, 4) is 16.3 Å². The zero-order chi connectivity index (χ0) is 21.3. The molecule has 30 heavy (non-hydrogen) atoms. The first-order valence-electron chi connectivity index (χ1n) is 10.1. The highest BCUT2D eigenvalue weighted by atomic mass is 32.2. The van der Waals surface area contributed by atoms with Crippen LogP contribution < -0.4 is 5.32 Å². The number of amides is 1. The number of aromatic hydroxyl groups is 1. The van der Waals surface area contributed by atoms with Crippen LogP contribution in [0.25, 0.3) is 16.6 Å². The van der Waals surface area contributed by atoms with Gasteiger partial charge in [-0.05, 0) is 54.6 Å². The Bertz CT molecular complexity index is 999. The molecule has 6 nitrogen and oxygen atoms in total. The van der Waals surface area contributed by atoms with Crippen LogP contribution in [0.4, 0.5) is 0 Å². The predicted octanol–water partition coefficient (Wildman–Crippen LogP) is 4.12. The molecule has 0 spiro atoms. The van der Waals surface area contributed by atoms with E-state index in [9.17, 15) is 15.0 Å². The van der Waals surface area contributed by atoms with Gasteiger partial charge in [0.15, 0.2) is 5.17 Å². The maximum atomic E-state index is 12.5. The molecule has 2 heterocycles. The highest BCUT2D eigenvalue weighted by Gasteiger charge is 2.38. The molecule has 0 radical (unpaired) electrons. The number of benzene rings is 1. The summed E-state index contributed by atoms with van der Waals surface area (Å²) in [6.45, 7) is 4.50. The van der Waals surface area contributed by atoms with Crippen LogP contribution >= 0.6 is 23.1 Å². The molecule has 2 fully saturated rings. The number of aliphatic hydroxyl groups excluding tert-OH is 1. The second kappa shape index (κ2) is 8.91. The molecule has 4 rings (SSSR count). The number of aliphatic imine (C=N–C) groups is 1. The number of amidine groups is 1. The quantitative estimate of drug-likeness (QED) is 0.604. The number of thiazole rings is 1. The van der Waals surface area contributed by atoms with Crippen molar-refractivity contribution in [3.05, 3.63) is 40.2 Å². The number of nitrogens with one attached hydrogen (secondary N) is 1. The van der Waals surface area contributed by atoms with Crippen molar-refractivity contribution in [2.45, 2.75) is 32.7 Å². The molecule has 1 saturated heterocycles. The van der Waals surface area contributed by atoms with E-state index < -0.39 is 0 Å². The van der Waals surface area contributed by atoms with Crippen LogP contribution in [0, 0.1) is 17.8 Å². The van der Waals surface area contributed by atoms with Crippen molar-refractivity contribution in [1.29, 1.82) is 0 Å². The number of aliphatic hydroxyl groups is 1. The highest BCUT2D eigenvalue weighted by molar-refractivity contribution is 8.18. The van der Waals surface area contributed by atoms with Crippen LogP contribution in [0.1, 0.15) is 32.4 Å². The van der Waals surface area contributed by atoms with E-state index in [1.54, 1.807) is 18.2 Å². The Kier molecular flexibility index (Phi) is 6.26. The molecule has 1 saturated carbocycles. The molecule has 0 unspecified atom stereocenters. The lowest BCUT2D eigenvalue weighted by molar-refractivity contribution is -0.115. The first-order chi connectivity index (χ1) is 14.5. The Hall–Kier alpha value is -2.16. The molecule has 1 aliphatic carbocycles. The van der Waals surface area contributed by atoms with Crippen molar-refractivity contribution < 1.29 is 15.0 Å². The third-order valence-electron chi connectivity index (χ3n) is 5.74. The Morgan fingerprint density at radius 3 is 2.87 bits per heavy atom. The van der Waals surface area contributed by atoms with Crippen LogP contribution in [-0.4, -0.2) is 38.9 Å². The third-order valence-corrected chi connectivity index (χ3v) is 7.55. The minimum atomic E-state index is -0.185. The average Bonchev–Trinajstić information content (AvgIpc) is 3.42. The smallest absolute Gasteiger partial charge is 0.264 e. The zero-order valence-electron chi connectivity index (χ0n) is 16.9. The lowest BCUT2D eigenvalue weighted by Gasteiger charge is -2.23.